The maximum absolute atomic E-state index is 10.8. The van der Waals surface area contributed by atoms with Crippen molar-refractivity contribution in [1.82, 2.24) is 0 Å². The van der Waals surface area contributed by atoms with Crippen molar-refractivity contribution in [2.45, 2.75) is 32.3 Å². The molecule has 1 rings (SSSR count). The largest absolute Gasteiger partial charge is 0.462 e. The molecule has 1 fully saturated rings. The van der Waals surface area contributed by atoms with Crippen LogP contribution in [0.2, 0.25) is 0 Å². The minimum absolute atomic E-state index is 0.0114. The number of rotatable bonds is 3. The molecule has 0 aromatic heterocycles. The van der Waals surface area contributed by atoms with Crippen LogP contribution in [0.4, 0.5) is 0 Å². The van der Waals surface area contributed by atoms with Crippen molar-refractivity contribution in [2.24, 2.45) is 5.92 Å². The number of hydrogen-bond donors (Lipinski definition) is 0. The molecule has 0 spiro atoms. The third-order valence-corrected chi connectivity index (χ3v) is 1.88. The summed E-state index contributed by atoms with van der Waals surface area (Å²) in [5, 5.41) is 0. The minimum atomic E-state index is -0.494. The van der Waals surface area contributed by atoms with Crippen molar-refractivity contribution in [2.75, 3.05) is 0 Å². The highest BCUT2D eigenvalue weighted by atomic mass is 16.6. The summed E-state index contributed by atoms with van der Waals surface area (Å²) >= 11 is 0. The first-order valence-electron chi connectivity index (χ1n) is 3.93. The highest BCUT2D eigenvalue weighted by molar-refractivity contribution is 5.89. The number of carbonyl (C=O) groups excluding carboxylic acids is 2. The molecule has 1 aliphatic heterocycles. The van der Waals surface area contributed by atoms with E-state index in [0.29, 0.717) is 12.7 Å². The average Bonchev–Trinajstić information content (AvgIpc) is 2.32. The van der Waals surface area contributed by atoms with E-state index in [1.54, 1.807) is 0 Å². The van der Waals surface area contributed by atoms with Crippen LogP contribution in [0.5, 0.6) is 0 Å². The van der Waals surface area contributed by atoms with Crippen molar-refractivity contribution >= 4 is 12.3 Å². The summed E-state index contributed by atoms with van der Waals surface area (Å²) in [6.45, 7) is 2.03. The van der Waals surface area contributed by atoms with Crippen molar-refractivity contribution in [3.05, 3.63) is 0 Å². The fourth-order valence-corrected chi connectivity index (χ4v) is 1.29. The molecule has 0 bridgehead atoms. The summed E-state index contributed by atoms with van der Waals surface area (Å²) in [5.74, 6) is -0.843. The van der Waals surface area contributed by atoms with E-state index in [1.807, 2.05) is 6.92 Å². The smallest absolute Gasteiger partial charge is 0.316 e. The zero-order chi connectivity index (χ0) is 8.27. The maximum Gasteiger partial charge on any atom is 0.316 e. The fraction of sp³-hybridized carbons (Fsp3) is 0.750. The Morgan fingerprint density at radius 3 is 2.91 bits per heavy atom. The van der Waals surface area contributed by atoms with E-state index in [9.17, 15) is 9.59 Å². The molecule has 62 valence electrons. The highest BCUT2D eigenvalue weighted by Gasteiger charge is 2.33. The van der Waals surface area contributed by atoms with Crippen LogP contribution >= 0.6 is 0 Å². The first kappa shape index (κ1) is 8.24. The Hall–Kier alpha value is -0.860. The van der Waals surface area contributed by atoms with Gasteiger partial charge in [0.15, 0.2) is 0 Å². The van der Waals surface area contributed by atoms with E-state index in [2.05, 4.69) is 0 Å². The molecule has 0 aliphatic carbocycles. The second kappa shape index (κ2) is 3.51. The fourth-order valence-electron chi connectivity index (χ4n) is 1.29. The van der Waals surface area contributed by atoms with E-state index in [-0.39, 0.29) is 12.1 Å². The minimum Gasteiger partial charge on any atom is -0.462 e. The van der Waals surface area contributed by atoms with E-state index >= 15 is 0 Å². The van der Waals surface area contributed by atoms with Gasteiger partial charge in [0.2, 0.25) is 0 Å². The van der Waals surface area contributed by atoms with Gasteiger partial charge in [0.1, 0.15) is 18.3 Å². The molecule has 1 saturated heterocycles. The van der Waals surface area contributed by atoms with Gasteiger partial charge in [-0.1, -0.05) is 13.3 Å². The first-order valence-corrected chi connectivity index (χ1v) is 3.93. The van der Waals surface area contributed by atoms with Gasteiger partial charge in [-0.2, -0.15) is 0 Å². The van der Waals surface area contributed by atoms with Gasteiger partial charge in [0, 0.05) is 6.42 Å². The summed E-state index contributed by atoms with van der Waals surface area (Å²) in [7, 11) is 0. The van der Waals surface area contributed by atoms with E-state index < -0.39 is 5.92 Å². The Morgan fingerprint density at radius 1 is 1.73 bits per heavy atom. The zero-order valence-electron chi connectivity index (χ0n) is 6.58. The molecular formula is C8H12O3. The van der Waals surface area contributed by atoms with Gasteiger partial charge in [-0.15, -0.1) is 0 Å². The number of cyclic esters (lactones) is 1. The van der Waals surface area contributed by atoms with Gasteiger partial charge < -0.3 is 9.53 Å². The van der Waals surface area contributed by atoms with Crippen LogP contribution in [-0.4, -0.2) is 18.4 Å². The number of esters is 1. The van der Waals surface area contributed by atoms with Crippen LogP contribution in [0.25, 0.3) is 0 Å². The SMILES string of the molecule is CCCC1CC(C=O)C(=O)O1. The van der Waals surface area contributed by atoms with Crippen LogP contribution in [-0.2, 0) is 14.3 Å². The summed E-state index contributed by atoms with van der Waals surface area (Å²) < 4.78 is 4.94. The molecule has 1 aliphatic rings. The molecule has 2 unspecified atom stereocenters. The molecule has 1 heterocycles. The quantitative estimate of drug-likeness (QED) is 0.346. The second-order valence-corrected chi connectivity index (χ2v) is 2.83. The molecule has 0 radical (unpaired) electrons. The Morgan fingerprint density at radius 2 is 2.45 bits per heavy atom. The number of hydrogen-bond acceptors (Lipinski definition) is 3. The lowest BCUT2D eigenvalue weighted by Crippen LogP contribution is -2.07. The molecule has 0 aromatic carbocycles. The molecule has 3 nitrogen and oxygen atoms in total. The zero-order valence-corrected chi connectivity index (χ0v) is 6.58. The van der Waals surface area contributed by atoms with Crippen molar-refractivity contribution in [1.29, 1.82) is 0 Å². The van der Waals surface area contributed by atoms with Gasteiger partial charge in [-0.05, 0) is 6.42 Å². The third-order valence-electron chi connectivity index (χ3n) is 1.88. The summed E-state index contributed by atoms with van der Waals surface area (Å²) in [6.07, 6.45) is 3.11. The van der Waals surface area contributed by atoms with E-state index in [1.165, 1.54) is 0 Å². The monoisotopic (exact) mass is 156 g/mol. The van der Waals surface area contributed by atoms with Crippen LogP contribution in [0.3, 0.4) is 0 Å². The Labute approximate surface area is 65.7 Å². The first-order chi connectivity index (χ1) is 5.27. The molecule has 0 N–H and O–H groups in total. The summed E-state index contributed by atoms with van der Waals surface area (Å²) in [6, 6.07) is 0. The normalized spacial score (nSPS) is 30.1. The van der Waals surface area contributed by atoms with Crippen LogP contribution in [0.1, 0.15) is 26.2 Å². The lowest BCUT2D eigenvalue weighted by molar-refractivity contribution is -0.145. The average molecular weight is 156 g/mol. The lowest BCUT2D eigenvalue weighted by Gasteiger charge is -2.04. The summed E-state index contributed by atoms with van der Waals surface area (Å²) in [5.41, 5.74) is 0. The Bertz CT molecular complexity index is 165. The van der Waals surface area contributed by atoms with Crippen molar-refractivity contribution in [3.8, 4) is 0 Å². The molecule has 3 heteroatoms. The predicted molar refractivity (Wildman–Crippen MR) is 39.0 cm³/mol. The van der Waals surface area contributed by atoms with Crippen LogP contribution in [0.15, 0.2) is 0 Å². The van der Waals surface area contributed by atoms with E-state index in [4.69, 9.17) is 4.74 Å². The van der Waals surface area contributed by atoms with E-state index in [0.717, 1.165) is 12.8 Å². The maximum atomic E-state index is 10.8. The van der Waals surface area contributed by atoms with Crippen LogP contribution < -0.4 is 0 Å². The van der Waals surface area contributed by atoms with Gasteiger partial charge in [0.05, 0.1) is 0 Å². The third kappa shape index (κ3) is 1.79. The second-order valence-electron chi connectivity index (χ2n) is 2.83. The van der Waals surface area contributed by atoms with Crippen molar-refractivity contribution in [3.63, 3.8) is 0 Å². The predicted octanol–water partition coefficient (Wildman–Crippen LogP) is 0.917. The Balaban J connectivity index is 2.42. The highest BCUT2D eigenvalue weighted by Crippen LogP contribution is 2.22. The topological polar surface area (TPSA) is 43.4 Å². The van der Waals surface area contributed by atoms with Gasteiger partial charge >= 0.3 is 5.97 Å². The molecule has 0 aromatic rings. The lowest BCUT2D eigenvalue weighted by atomic mass is 10.0. The van der Waals surface area contributed by atoms with Crippen LogP contribution in [0, 0.1) is 5.92 Å². The van der Waals surface area contributed by atoms with Gasteiger partial charge in [0.25, 0.3) is 0 Å². The Kier molecular flexibility index (Phi) is 2.63. The summed E-state index contributed by atoms with van der Waals surface area (Å²) in [4.78, 5) is 21.1. The molecule has 0 saturated carbocycles. The van der Waals surface area contributed by atoms with Gasteiger partial charge in [-0.3, -0.25) is 4.79 Å². The standard InChI is InChI=1S/C8H12O3/c1-2-3-7-4-6(5-9)8(10)11-7/h5-7H,2-4H2,1H3. The van der Waals surface area contributed by atoms with Gasteiger partial charge in [-0.25, -0.2) is 0 Å². The molecular weight excluding hydrogens is 144 g/mol. The molecule has 2 atom stereocenters. The molecule has 11 heavy (non-hydrogen) atoms. The molecule has 0 amide bonds. The van der Waals surface area contributed by atoms with Crippen molar-refractivity contribution < 1.29 is 14.3 Å². The number of ether oxygens (including phenoxy) is 1. The number of aldehydes is 1. The number of carbonyl (C=O) groups is 2.